The molecule has 2 rings (SSSR count). The van der Waals surface area contributed by atoms with Crippen LogP contribution >= 0.6 is 0 Å². The molecule has 1 aromatic heterocycles. The minimum atomic E-state index is -0.493. The number of anilines is 1. The number of carbonyl (C=O) groups excluding carboxylic acids is 1. The third kappa shape index (κ3) is 2.74. The highest BCUT2D eigenvalue weighted by Crippen LogP contribution is 2.26. The molecule has 5 heteroatoms. The van der Waals surface area contributed by atoms with E-state index in [9.17, 15) is 9.90 Å². The van der Waals surface area contributed by atoms with E-state index < -0.39 is 5.91 Å². The Hall–Kier alpha value is -1.62. The van der Waals surface area contributed by atoms with E-state index in [1.54, 1.807) is 12.3 Å². The molecule has 1 heterocycles. The fraction of sp³-hybridized carbons (Fsp3) is 0.500. The average molecular weight is 235 g/mol. The zero-order valence-corrected chi connectivity index (χ0v) is 9.60. The van der Waals surface area contributed by atoms with Crippen LogP contribution in [0, 0.1) is 5.92 Å². The molecule has 1 aromatic rings. The van der Waals surface area contributed by atoms with E-state index in [2.05, 4.69) is 10.3 Å². The zero-order valence-electron chi connectivity index (χ0n) is 9.60. The Morgan fingerprint density at radius 1 is 1.59 bits per heavy atom. The second kappa shape index (κ2) is 5.14. The quantitative estimate of drug-likeness (QED) is 0.718. The summed E-state index contributed by atoms with van der Waals surface area (Å²) in [6.07, 6.45) is 5.78. The summed E-state index contributed by atoms with van der Waals surface area (Å²) in [6, 6.07) is 1.72. The minimum absolute atomic E-state index is 0.235. The molecular weight excluding hydrogens is 218 g/mol. The molecule has 2 unspecified atom stereocenters. The molecule has 0 saturated heterocycles. The van der Waals surface area contributed by atoms with Crippen LogP contribution in [0.5, 0.6) is 0 Å². The van der Waals surface area contributed by atoms with Crippen molar-refractivity contribution in [3.63, 3.8) is 0 Å². The number of primary amides is 1. The number of rotatable bonds is 4. The van der Waals surface area contributed by atoms with Crippen LogP contribution in [0.1, 0.15) is 29.6 Å². The van der Waals surface area contributed by atoms with Gasteiger partial charge in [-0.05, 0) is 18.9 Å². The van der Waals surface area contributed by atoms with Gasteiger partial charge in [-0.25, -0.2) is 0 Å². The molecule has 0 radical (unpaired) electrons. The molecule has 5 nitrogen and oxygen atoms in total. The van der Waals surface area contributed by atoms with Gasteiger partial charge in [-0.1, -0.05) is 6.42 Å². The average Bonchev–Trinajstić information content (AvgIpc) is 2.72. The monoisotopic (exact) mass is 235 g/mol. The lowest BCUT2D eigenvalue weighted by Crippen LogP contribution is -2.23. The Kier molecular flexibility index (Phi) is 3.58. The number of aromatic nitrogens is 1. The van der Waals surface area contributed by atoms with Gasteiger partial charge in [0.25, 0.3) is 5.91 Å². The van der Waals surface area contributed by atoms with Crippen molar-refractivity contribution in [3.8, 4) is 0 Å². The maximum atomic E-state index is 11.2. The van der Waals surface area contributed by atoms with Crippen LogP contribution in [0.15, 0.2) is 18.5 Å². The highest BCUT2D eigenvalue weighted by Gasteiger charge is 2.25. The highest BCUT2D eigenvalue weighted by molar-refractivity contribution is 5.98. The van der Waals surface area contributed by atoms with Crippen LogP contribution in [-0.2, 0) is 0 Å². The summed E-state index contributed by atoms with van der Waals surface area (Å²) >= 11 is 0. The van der Waals surface area contributed by atoms with E-state index in [0.29, 0.717) is 17.8 Å². The number of amides is 1. The fourth-order valence-corrected chi connectivity index (χ4v) is 2.24. The first-order valence-electron chi connectivity index (χ1n) is 5.84. The standard InChI is InChI=1S/C12H17N3O2/c13-12(17)9-7-14-5-4-10(9)15-6-8-2-1-3-11(8)16/h4-5,7-8,11,16H,1-3,6H2,(H2,13,17)(H,14,15). The maximum absolute atomic E-state index is 11.2. The largest absolute Gasteiger partial charge is 0.393 e. The smallest absolute Gasteiger partial charge is 0.252 e. The number of hydrogen-bond donors (Lipinski definition) is 3. The summed E-state index contributed by atoms with van der Waals surface area (Å²) in [5.41, 5.74) is 6.33. The number of pyridine rings is 1. The molecule has 0 spiro atoms. The van der Waals surface area contributed by atoms with Gasteiger partial charge in [0.1, 0.15) is 0 Å². The normalized spacial score (nSPS) is 23.6. The molecule has 4 N–H and O–H groups in total. The first-order chi connectivity index (χ1) is 8.18. The zero-order chi connectivity index (χ0) is 12.3. The van der Waals surface area contributed by atoms with Crippen molar-refractivity contribution in [2.24, 2.45) is 11.7 Å². The van der Waals surface area contributed by atoms with E-state index in [1.165, 1.54) is 6.20 Å². The van der Waals surface area contributed by atoms with Crippen LogP contribution in [-0.4, -0.2) is 28.6 Å². The van der Waals surface area contributed by atoms with Crippen LogP contribution in [0.2, 0.25) is 0 Å². The van der Waals surface area contributed by atoms with Crippen molar-refractivity contribution in [2.75, 3.05) is 11.9 Å². The fourth-order valence-electron chi connectivity index (χ4n) is 2.24. The summed E-state index contributed by atoms with van der Waals surface area (Å²) in [4.78, 5) is 15.0. The SMILES string of the molecule is NC(=O)c1cnccc1NCC1CCCC1O. The second-order valence-electron chi connectivity index (χ2n) is 4.42. The first kappa shape index (κ1) is 11.9. The van der Waals surface area contributed by atoms with E-state index in [-0.39, 0.29) is 12.0 Å². The van der Waals surface area contributed by atoms with Crippen molar-refractivity contribution < 1.29 is 9.90 Å². The maximum Gasteiger partial charge on any atom is 0.252 e. The predicted molar refractivity (Wildman–Crippen MR) is 64.6 cm³/mol. The minimum Gasteiger partial charge on any atom is -0.393 e. The predicted octanol–water partition coefficient (Wildman–Crippen LogP) is 0.753. The first-order valence-corrected chi connectivity index (χ1v) is 5.84. The van der Waals surface area contributed by atoms with Crippen LogP contribution in [0.3, 0.4) is 0 Å². The number of aliphatic hydroxyl groups is 1. The molecule has 1 saturated carbocycles. The number of nitrogens with two attached hydrogens (primary N) is 1. The van der Waals surface area contributed by atoms with Crippen molar-refractivity contribution in [3.05, 3.63) is 24.0 Å². The molecule has 1 fully saturated rings. The highest BCUT2D eigenvalue weighted by atomic mass is 16.3. The van der Waals surface area contributed by atoms with Crippen LogP contribution < -0.4 is 11.1 Å². The van der Waals surface area contributed by atoms with Gasteiger partial charge in [-0.2, -0.15) is 0 Å². The molecule has 92 valence electrons. The molecule has 1 aliphatic carbocycles. The number of nitrogens with zero attached hydrogens (tertiary/aromatic N) is 1. The third-order valence-corrected chi connectivity index (χ3v) is 3.26. The van der Waals surface area contributed by atoms with Gasteiger partial charge in [0, 0.05) is 24.9 Å². The molecule has 1 aliphatic rings. The summed E-state index contributed by atoms with van der Waals surface area (Å²) in [6.45, 7) is 0.658. The molecule has 17 heavy (non-hydrogen) atoms. The Bertz CT molecular complexity index is 408. The van der Waals surface area contributed by atoms with E-state index in [4.69, 9.17) is 5.73 Å². The number of carbonyl (C=O) groups is 1. The van der Waals surface area contributed by atoms with Crippen LogP contribution in [0.25, 0.3) is 0 Å². The van der Waals surface area contributed by atoms with Gasteiger partial charge >= 0.3 is 0 Å². The third-order valence-electron chi connectivity index (χ3n) is 3.26. The molecule has 0 bridgehead atoms. The van der Waals surface area contributed by atoms with E-state index in [1.807, 2.05) is 0 Å². The molecule has 0 aromatic carbocycles. The van der Waals surface area contributed by atoms with Crippen molar-refractivity contribution in [2.45, 2.75) is 25.4 Å². The Morgan fingerprint density at radius 2 is 2.41 bits per heavy atom. The number of hydrogen-bond acceptors (Lipinski definition) is 4. The molecule has 2 atom stereocenters. The molecular formula is C12H17N3O2. The topological polar surface area (TPSA) is 88.2 Å². The summed E-state index contributed by atoms with van der Waals surface area (Å²) in [5, 5.41) is 12.9. The van der Waals surface area contributed by atoms with Gasteiger partial charge in [0.15, 0.2) is 0 Å². The summed E-state index contributed by atoms with van der Waals surface area (Å²) < 4.78 is 0. The van der Waals surface area contributed by atoms with Gasteiger partial charge in [0.2, 0.25) is 0 Å². The molecule has 1 amide bonds. The lowest BCUT2D eigenvalue weighted by molar-refractivity contribution is 0.100. The lowest BCUT2D eigenvalue weighted by Gasteiger charge is -2.16. The lowest BCUT2D eigenvalue weighted by atomic mass is 10.1. The van der Waals surface area contributed by atoms with Gasteiger partial charge in [0.05, 0.1) is 17.4 Å². The van der Waals surface area contributed by atoms with E-state index in [0.717, 1.165) is 19.3 Å². The Morgan fingerprint density at radius 3 is 3.06 bits per heavy atom. The van der Waals surface area contributed by atoms with Gasteiger partial charge in [-0.15, -0.1) is 0 Å². The van der Waals surface area contributed by atoms with Gasteiger partial charge in [-0.3, -0.25) is 9.78 Å². The second-order valence-corrected chi connectivity index (χ2v) is 4.42. The van der Waals surface area contributed by atoms with Gasteiger partial charge < -0.3 is 16.2 Å². The number of nitrogens with one attached hydrogen (secondary N) is 1. The van der Waals surface area contributed by atoms with E-state index >= 15 is 0 Å². The number of aliphatic hydroxyl groups excluding tert-OH is 1. The Labute approximate surface area is 100 Å². The van der Waals surface area contributed by atoms with Crippen molar-refractivity contribution >= 4 is 11.6 Å². The van der Waals surface area contributed by atoms with Crippen LogP contribution in [0.4, 0.5) is 5.69 Å². The van der Waals surface area contributed by atoms with Crippen molar-refractivity contribution in [1.82, 2.24) is 4.98 Å². The summed E-state index contributed by atoms with van der Waals surface area (Å²) in [7, 11) is 0. The molecule has 0 aliphatic heterocycles. The Balaban J connectivity index is 2.01. The van der Waals surface area contributed by atoms with Crippen molar-refractivity contribution in [1.29, 1.82) is 0 Å². The summed E-state index contributed by atoms with van der Waals surface area (Å²) in [5.74, 6) is -0.239.